The van der Waals surface area contributed by atoms with Crippen molar-refractivity contribution in [2.24, 2.45) is 0 Å². The van der Waals surface area contributed by atoms with Gasteiger partial charge in [0.15, 0.2) is 0 Å². The number of rotatable bonds is 4. The van der Waals surface area contributed by atoms with Crippen molar-refractivity contribution in [3.05, 3.63) is 47.8 Å². The van der Waals surface area contributed by atoms with Gasteiger partial charge in [0.1, 0.15) is 17.5 Å². The summed E-state index contributed by atoms with van der Waals surface area (Å²) in [5, 5.41) is 6.40. The highest BCUT2D eigenvalue weighted by molar-refractivity contribution is 5.92. The van der Waals surface area contributed by atoms with Crippen LogP contribution in [0.4, 0.5) is 8.78 Å². The molecule has 0 spiro atoms. The zero-order chi connectivity index (χ0) is 16.2. The molecule has 1 fully saturated rings. The summed E-state index contributed by atoms with van der Waals surface area (Å²) < 4.78 is 34.7. The van der Waals surface area contributed by atoms with Gasteiger partial charge < -0.3 is 14.4 Å². The maximum Gasteiger partial charge on any atom is 0.387 e. The molecular weight excluding hydrogens is 308 g/mol. The number of morpholine rings is 1. The predicted molar refractivity (Wildman–Crippen MR) is 76.3 cm³/mol. The van der Waals surface area contributed by atoms with E-state index >= 15 is 0 Å². The van der Waals surface area contributed by atoms with Gasteiger partial charge in [0.25, 0.3) is 5.91 Å². The van der Waals surface area contributed by atoms with Gasteiger partial charge in [-0.3, -0.25) is 9.89 Å². The van der Waals surface area contributed by atoms with Gasteiger partial charge in [0, 0.05) is 12.7 Å². The number of halogens is 2. The van der Waals surface area contributed by atoms with Crippen molar-refractivity contribution < 1.29 is 23.0 Å². The van der Waals surface area contributed by atoms with E-state index in [0.717, 1.165) is 0 Å². The van der Waals surface area contributed by atoms with Gasteiger partial charge in [0.2, 0.25) is 0 Å². The number of aromatic amines is 1. The van der Waals surface area contributed by atoms with E-state index in [1.807, 2.05) is 0 Å². The normalized spacial score (nSPS) is 18.2. The summed E-state index contributed by atoms with van der Waals surface area (Å²) >= 11 is 0. The lowest BCUT2D eigenvalue weighted by atomic mass is 10.1. The summed E-state index contributed by atoms with van der Waals surface area (Å²) in [4.78, 5) is 14.0. The van der Waals surface area contributed by atoms with Gasteiger partial charge >= 0.3 is 6.61 Å². The molecule has 3 rings (SSSR count). The number of hydrogen-bond donors (Lipinski definition) is 1. The number of H-pyrrole nitrogens is 1. The number of hydrogen-bond acceptors (Lipinski definition) is 4. The van der Waals surface area contributed by atoms with Crippen molar-refractivity contribution in [3.8, 4) is 5.75 Å². The molecule has 0 radical (unpaired) electrons. The molecular formula is C15H15F2N3O3. The molecule has 6 nitrogen and oxygen atoms in total. The highest BCUT2D eigenvalue weighted by Gasteiger charge is 2.27. The van der Waals surface area contributed by atoms with Crippen LogP contribution in [-0.2, 0) is 4.74 Å². The lowest BCUT2D eigenvalue weighted by Gasteiger charge is -2.33. The molecule has 2 aromatic rings. The lowest BCUT2D eigenvalue weighted by molar-refractivity contribution is -0.0504. The van der Waals surface area contributed by atoms with Crippen LogP contribution in [-0.4, -0.2) is 47.3 Å². The van der Waals surface area contributed by atoms with E-state index in [2.05, 4.69) is 14.9 Å². The molecule has 0 aliphatic carbocycles. The second-order valence-corrected chi connectivity index (χ2v) is 5.03. The summed E-state index contributed by atoms with van der Waals surface area (Å²) in [6.45, 7) is -1.72. The third kappa shape index (κ3) is 3.65. The smallest absolute Gasteiger partial charge is 0.387 e. The van der Waals surface area contributed by atoms with E-state index in [0.29, 0.717) is 31.0 Å². The van der Waals surface area contributed by atoms with Gasteiger partial charge in [-0.25, -0.2) is 0 Å². The molecule has 1 aliphatic heterocycles. The summed E-state index contributed by atoms with van der Waals surface area (Å²) in [5.74, 6) is -0.103. The van der Waals surface area contributed by atoms with Gasteiger partial charge in [-0.05, 0) is 23.8 Å². The third-order valence-corrected chi connectivity index (χ3v) is 3.54. The van der Waals surface area contributed by atoms with Crippen LogP contribution in [0.3, 0.4) is 0 Å². The number of carbonyl (C=O) groups excluding carboxylic acids is 1. The fraction of sp³-hybridized carbons (Fsp3) is 0.333. The number of aromatic nitrogens is 2. The lowest BCUT2D eigenvalue weighted by Crippen LogP contribution is -2.42. The molecule has 0 bridgehead atoms. The average Bonchev–Trinajstić information content (AvgIpc) is 3.08. The van der Waals surface area contributed by atoms with Crippen molar-refractivity contribution in [1.29, 1.82) is 0 Å². The zero-order valence-corrected chi connectivity index (χ0v) is 12.1. The fourth-order valence-corrected chi connectivity index (χ4v) is 2.47. The summed E-state index contributed by atoms with van der Waals surface area (Å²) in [6, 6.07) is 7.93. The molecule has 1 aliphatic rings. The highest BCUT2D eigenvalue weighted by Crippen LogP contribution is 2.26. The Kier molecular flexibility index (Phi) is 4.52. The Hall–Kier alpha value is -2.48. The van der Waals surface area contributed by atoms with E-state index in [-0.39, 0.29) is 11.7 Å². The van der Waals surface area contributed by atoms with Crippen molar-refractivity contribution in [1.82, 2.24) is 15.1 Å². The standard InChI is InChI=1S/C15H15F2N3O3/c16-15(17)23-11-3-1-2-10(8-11)13-9-20(6-7-22-13)14(21)12-4-5-18-19-12/h1-5,8,13,15H,6-7,9H2,(H,18,19)/t13-/m0/s1. The van der Waals surface area contributed by atoms with Crippen LogP contribution >= 0.6 is 0 Å². The molecule has 1 amide bonds. The first-order valence-corrected chi connectivity index (χ1v) is 7.08. The minimum atomic E-state index is -2.88. The Bertz CT molecular complexity index is 664. The van der Waals surface area contributed by atoms with Gasteiger partial charge in [-0.1, -0.05) is 12.1 Å². The second-order valence-electron chi connectivity index (χ2n) is 5.03. The minimum absolute atomic E-state index is 0.0677. The van der Waals surface area contributed by atoms with Crippen LogP contribution in [0.5, 0.6) is 5.75 Å². The summed E-state index contributed by atoms with van der Waals surface area (Å²) in [6.07, 6.45) is 1.12. The van der Waals surface area contributed by atoms with Crippen molar-refractivity contribution >= 4 is 5.91 Å². The molecule has 0 unspecified atom stereocenters. The maximum absolute atomic E-state index is 12.3. The number of ether oxygens (including phenoxy) is 2. The fourth-order valence-electron chi connectivity index (χ4n) is 2.47. The number of nitrogens with zero attached hydrogens (tertiary/aromatic N) is 2. The van der Waals surface area contributed by atoms with Crippen molar-refractivity contribution in [3.63, 3.8) is 0 Å². The Morgan fingerprint density at radius 2 is 2.30 bits per heavy atom. The average molecular weight is 323 g/mol. The Morgan fingerprint density at radius 3 is 3.04 bits per heavy atom. The molecule has 1 aromatic carbocycles. The van der Waals surface area contributed by atoms with Crippen LogP contribution in [0.1, 0.15) is 22.2 Å². The largest absolute Gasteiger partial charge is 0.435 e. The summed E-state index contributed by atoms with van der Waals surface area (Å²) in [7, 11) is 0. The number of nitrogens with one attached hydrogen (secondary N) is 1. The third-order valence-electron chi connectivity index (χ3n) is 3.54. The van der Waals surface area contributed by atoms with E-state index in [1.165, 1.54) is 18.3 Å². The molecule has 23 heavy (non-hydrogen) atoms. The van der Waals surface area contributed by atoms with Crippen LogP contribution in [0, 0.1) is 0 Å². The van der Waals surface area contributed by atoms with E-state index in [4.69, 9.17) is 4.74 Å². The molecule has 1 atom stereocenters. The molecule has 0 saturated carbocycles. The molecule has 122 valence electrons. The van der Waals surface area contributed by atoms with E-state index < -0.39 is 12.7 Å². The zero-order valence-electron chi connectivity index (χ0n) is 12.1. The number of benzene rings is 1. The van der Waals surface area contributed by atoms with Crippen LogP contribution in [0.15, 0.2) is 36.5 Å². The second kappa shape index (κ2) is 6.74. The quantitative estimate of drug-likeness (QED) is 0.937. The molecule has 1 saturated heterocycles. The van der Waals surface area contributed by atoms with Gasteiger partial charge in [-0.2, -0.15) is 13.9 Å². The maximum atomic E-state index is 12.3. The Balaban J connectivity index is 1.72. The van der Waals surface area contributed by atoms with Crippen LogP contribution in [0.25, 0.3) is 0 Å². The van der Waals surface area contributed by atoms with Crippen molar-refractivity contribution in [2.75, 3.05) is 19.7 Å². The van der Waals surface area contributed by atoms with Crippen LogP contribution < -0.4 is 4.74 Å². The number of alkyl halides is 2. The topological polar surface area (TPSA) is 67.5 Å². The monoisotopic (exact) mass is 323 g/mol. The van der Waals surface area contributed by atoms with Crippen LogP contribution in [0.2, 0.25) is 0 Å². The minimum Gasteiger partial charge on any atom is -0.435 e. The first kappa shape index (κ1) is 15.4. The molecule has 1 N–H and O–H groups in total. The first-order chi connectivity index (χ1) is 11.1. The number of carbonyl (C=O) groups is 1. The van der Waals surface area contributed by atoms with Crippen molar-refractivity contribution in [2.45, 2.75) is 12.7 Å². The van der Waals surface area contributed by atoms with E-state index in [9.17, 15) is 13.6 Å². The first-order valence-electron chi connectivity index (χ1n) is 7.08. The Morgan fingerprint density at radius 1 is 1.43 bits per heavy atom. The molecule has 8 heteroatoms. The number of amides is 1. The van der Waals surface area contributed by atoms with E-state index in [1.54, 1.807) is 23.1 Å². The summed E-state index contributed by atoms with van der Waals surface area (Å²) in [5.41, 5.74) is 1.09. The predicted octanol–water partition coefficient (Wildman–Crippen LogP) is 2.22. The highest BCUT2D eigenvalue weighted by atomic mass is 19.3. The van der Waals surface area contributed by atoms with Gasteiger partial charge in [-0.15, -0.1) is 0 Å². The van der Waals surface area contributed by atoms with Gasteiger partial charge in [0.05, 0.1) is 13.2 Å². The molecule has 2 heterocycles. The molecule has 1 aromatic heterocycles. The SMILES string of the molecule is O=C(c1ccn[nH]1)N1CCO[C@H](c2cccc(OC(F)F)c2)C1. The Labute approximate surface area is 131 Å².